The number of halogens is 1. The van der Waals surface area contributed by atoms with E-state index in [1.165, 1.54) is 56.4 Å². The minimum atomic E-state index is -4.64. The smallest absolute Gasteiger partial charge is 0.273 e. The Morgan fingerprint density at radius 3 is 2.41 bits per heavy atom. The number of amides is 2. The van der Waals surface area contributed by atoms with Gasteiger partial charge < -0.3 is 19.7 Å². The Bertz CT molecular complexity index is 1670. The van der Waals surface area contributed by atoms with Crippen molar-refractivity contribution in [1.29, 1.82) is 0 Å². The average molecular weight is 675 g/mol. The van der Waals surface area contributed by atoms with Crippen molar-refractivity contribution in [3.63, 3.8) is 0 Å². The van der Waals surface area contributed by atoms with Crippen LogP contribution in [-0.4, -0.2) is 63.4 Å². The van der Waals surface area contributed by atoms with Crippen LogP contribution >= 0.6 is 11.6 Å². The summed E-state index contributed by atoms with van der Waals surface area (Å²) in [5.74, 6) is -0.450. The predicted octanol–water partition coefficient (Wildman–Crippen LogP) is 5.49. The second-order valence-corrected chi connectivity index (χ2v) is 12.8. The summed E-state index contributed by atoms with van der Waals surface area (Å²) in [5, 5.41) is 14.7. The predicted molar refractivity (Wildman–Crippen MR) is 176 cm³/mol. The third-order valence-corrected chi connectivity index (χ3v) is 9.35. The molecule has 0 unspecified atom stereocenters. The van der Waals surface area contributed by atoms with E-state index in [9.17, 15) is 28.1 Å². The van der Waals surface area contributed by atoms with E-state index in [1.807, 2.05) is 6.92 Å². The lowest BCUT2D eigenvalue weighted by atomic mass is 10.1. The van der Waals surface area contributed by atoms with Crippen LogP contribution in [0, 0.1) is 17.0 Å². The number of aryl methyl sites for hydroxylation is 1. The molecule has 3 rings (SSSR count). The van der Waals surface area contributed by atoms with Crippen molar-refractivity contribution < 1.29 is 32.4 Å². The van der Waals surface area contributed by atoms with E-state index >= 15 is 0 Å². The summed E-state index contributed by atoms with van der Waals surface area (Å²) in [7, 11) is -1.80. The van der Waals surface area contributed by atoms with Crippen LogP contribution in [0.3, 0.4) is 0 Å². The number of hydrogen-bond donors (Lipinski definition) is 1. The van der Waals surface area contributed by atoms with Gasteiger partial charge in [-0.3, -0.25) is 24.0 Å². The Labute approximate surface area is 274 Å². The largest absolute Gasteiger partial charge is 0.497 e. The highest BCUT2D eigenvalue weighted by atomic mass is 35.5. The second kappa shape index (κ2) is 16.3. The number of carbonyl (C=O) groups excluding carboxylic acids is 2. The molecule has 1 N–H and O–H groups in total. The molecule has 3 aromatic rings. The molecular formula is C32H39ClN4O8S. The van der Waals surface area contributed by atoms with Crippen LogP contribution in [0.2, 0.25) is 5.02 Å². The standard InChI is InChI=1S/C32H39ClN4O8S/c1-6-8-16-34-32(39)27(7-2)35(20-23-10-9-11-25(17-23)44-4)31(38)21-36(29-18-24(33)13-15-30(29)45-5)46(42,43)26-14-12-22(3)28(19-26)37(40)41/h9-15,17-19,27H,6-8,16,20-21H2,1-5H3,(H,34,39)/t27-/m0/s1. The molecule has 0 aromatic heterocycles. The number of nitrogens with zero attached hydrogens (tertiary/aromatic N) is 3. The molecule has 0 fully saturated rings. The van der Waals surface area contributed by atoms with Gasteiger partial charge in [0.2, 0.25) is 11.8 Å². The van der Waals surface area contributed by atoms with Crippen LogP contribution in [0.4, 0.5) is 11.4 Å². The fourth-order valence-electron chi connectivity index (χ4n) is 4.84. The van der Waals surface area contributed by atoms with Gasteiger partial charge in [-0.2, -0.15) is 0 Å². The van der Waals surface area contributed by atoms with E-state index < -0.39 is 44.0 Å². The number of nitro groups is 1. The summed E-state index contributed by atoms with van der Waals surface area (Å²) in [4.78, 5) is 39.7. The zero-order valence-corrected chi connectivity index (χ0v) is 28.1. The highest BCUT2D eigenvalue weighted by Gasteiger charge is 2.35. The number of anilines is 1. The summed E-state index contributed by atoms with van der Waals surface area (Å²) < 4.78 is 40.2. The summed E-state index contributed by atoms with van der Waals surface area (Å²) >= 11 is 6.28. The van der Waals surface area contributed by atoms with Gasteiger partial charge in [-0.1, -0.05) is 50.1 Å². The molecule has 0 aliphatic heterocycles. The third kappa shape index (κ3) is 8.67. The number of hydrogen-bond acceptors (Lipinski definition) is 8. The molecule has 0 spiro atoms. The van der Waals surface area contributed by atoms with Crippen molar-refractivity contribution in [1.82, 2.24) is 10.2 Å². The molecule has 0 aliphatic rings. The molecule has 1 atom stereocenters. The Balaban J connectivity index is 2.17. The molecule has 0 saturated heterocycles. The van der Waals surface area contributed by atoms with Gasteiger partial charge in [0.25, 0.3) is 15.7 Å². The Kier molecular flexibility index (Phi) is 12.8. The molecule has 14 heteroatoms. The van der Waals surface area contributed by atoms with Crippen molar-refractivity contribution in [3.8, 4) is 11.5 Å². The van der Waals surface area contributed by atoms with Crippen molar-refractivity contribution in [2.75, 3.05) is 31.6 Å². The summed E-state index contributed by atoms with van der Waals surface area (Å²) in [6.45, 7) is 4.84. The Hall–Kier alpha value is -4.36. The molecule has 0 saturated carbocycles. The van der Waals surface area contributed by atoms with Crippen LogP contribution in [0.5, 0.6) is 11.5 Å². The first-order valence-corrected chi connectivity index (χ1v) is 16.5. The van der Waals surface area contributed by atoms with Gasteiger partial charge in [0.15, 0.2) is 0 Å². The highest BCUT2D eigenvalue weighted by molar-refractivity contribution is 7.92. The van der Waals surface area contributed by atoms with E-state index in [0.717, 1.165) is 23.2 Å². The van der Waals surface area contributed by atoms with E-state index in [0.29, 0.717) is 17.9 Å². The quantitative estimate of drug-likeness (QED) is 0.119. The molecule has 0 heterocycles. The van der Waals surface area contributed by atoms with Gasteiger partial charge in [-0.15, -0.1) is 0 Å². The number of rotatable bonds is 16. The van der Waals surface area contributed by atoms with Crippen molar-refractivity contribution in [3.05, 3.63) is 86.9 Å². The number of unbranched alkanes of at least 4 members (excludes halogenated alkanes) is 1. The number of carbonyl (C=O) groups is 2. The number of methoxy groups -OCH3 is 2. The maximum absolute atomic E-state index is 14.3. The van der Waals surface area contributed by atoms with E-state index in [1.54, 1.807) is 31.2 Å². The SMILES string of the molecule is CCCCNC(=O)[C@H](CC)N(Cc1cccc(OC)c1)C(=O)CN(c1cc(Cl)ccc1OC)S(=O)(=O)c1ccc(C)c([N+](=O)[O-])c1. The number of ether oxygens (including phenoxy) is 2. The number of nitro benzene ring substituents is 1. The zero-order chi connectivity index (χ0) is 34.0. The molecule has 3 aromatic carbocycles. The molecule has 2 amide bonds. The van der Waals surface area contributed by atoms with Crippen molar-refractivity contribution >= 4 is 44.8 Å². The molecule has 248 valence electrons. The third-order valence-electron chi connectivity index (χ3n) is 7.36. The van der Waals surface area contributed by atoms with Gasteiger partial charge >= 0.3 is 0 Å². The minimum Gasteiger partial charge on any atom is -0.497 e. The summed E-state index contributed by atoms with van der Waals surface area (Å²) in [6, 6.07) is 13.8. The molecule has 46 heavy (non-hydrogen) atoms. The van der Waals surface area contributed by atoms with Gasteiger partial charge in [0.1, 0.15) is 24.1 Å². The number of benzene rings is 3. The topological polar surface area (TPSA) is 148 Å². The van der Waals surface area contributed by atoms with Crippen LogP contribution in [-0.2, 0) is 26.2 Å². The highest BCUT2D eigenvalue weighted by Crippen LogP contribution is 2.36. The number of nitrogens with one attached hydrogen (secondary N) is 1. The first-order valence-electron chi connectivity index (χ1n) is 14.7. The lowest BCUT2D eigenvalue weighted by molar-refractivity contribution is -0.385. The van der Waals surface area contributed by atoms with Crippen LogP contribution in [0.1, 0.15) is 44.2 Å². The van der Waals surface area contributed by atoms with Crippen LogP contribution in [0.25, 0.3) is 0 Å². The monoisotopic (exact) mass is 674 g/mol. The van der Waals surface area contributed by atoms with Gasteiger partial charge in [0.05, 0.1) is 29.7 Å². The van der Waals surface area contributed by atoms with Gasteiger partial charge in [-0.25, -0.2) is 8.42 Å². The lowest BCUT2D eigenvalue weighted by Gasteiger charge is -2.33. The number of sulfonamides is 1. The fraction of sp³-hybridized carbons (Fsp3) is 0.375. The van der Waals surface area contributed by atoms with Crippen molar-refractivity contribution in [2.24, 2.45) is 0 Å². The van der Waals surface area contributed by atoms with Gasteiger partial charge in [0, 0.05) is 29.7 Å². The summed E-state index contributed by atoms with van der Waals surface area (Å²) in [5.41, 5.74) is 0.445. The fourth-order valence-corrected chi connectivity index (χ4v) is 6.44. The minimum absolute atomic E-state index is 0.0354. The van der Waals surface area contributed by atoms with E-state index in [2.05, 4.69) is 5.32 Å². The molecule has 12 nitrogen and oxygen atoms in total. The zero-order valence-electron chi connectivity index (χ0n) is 26.5. The maximum Gasteiger partial charge on any atom is 0.273 e. The Morgan fingerprint density at radius 1 is 1.04 bits per heavy atom. The van der Waals surface area contributed by atoms with E-state index in [-0.39, 0.29) is 40.9 Å². The lowest BCUT2D eigenvalue weighted by Crippen LogP contribution is -2.52. The molecule has 0 bridgehead atoms. The van der Waals surface area contributed by atoms with E-state index in [4.69, 9.17) is 21.1 Å². The normalized spacial score (nSPS) is 11.8. The summed E-state index contributed by atoms with van der Waals surface area (Å²) in [6.07, 6.45) is 1.84. The average Bonchev–Trinajstić information content (AvgIpc) is 3.03. The molecule has 0 aliphatic carbocycles. The second-order valence-electron chi connectivity index (χ2n) is 10.5. The maximum atomic E-state index is 14.3. The first-order chi connectivity index (χ1) is 21.9. The molecular weight excluding hydrogens is 636 g/mol. The first kappa shape index (κ1) is 36.1. The van der Waals surface area contributed by atoms with Crippen molar-refractivity contribution in [2.45, 2.75) is 57.5 Å². The van der Waals surface area contributed by atoms with Crippen LogP contribution < -0.4 is 19.1 Å². The molecule has 0 radical (unpaired) electrons. The van der Waals surface area contributed by atoms with Gasteiger partial charge in [-0.05, 0) is 61.7 Å². The van der Waals surface area contributed by atoms with Crippen LogP contribution in [0.15, 0.2) is 65.6 Å². The Morgan fingerprint density at radius 2 is 1.78 bits per heavy atom.